The van der Waals surface area contributed by atoms with E-state index in [1.807, 2.05) is 6.07 Å². The molecule has 2 N–H and O–H groups in total. The van der Waals surface area contributed by atoms with Gasteiger partial charge in [0.2, 0.25) is 0 Å². The van der Waals surface area contributed by atoms with Gasteiger partial charge in [0, 0.05) is 24.3 Å². The molecule has 2 rings (SSSR count). The molecule has 0 aromatic heterocycles. The van der Waals surface area contributed by atoms with Gasteiger partial charge >= 0.3 is 0 Å². The summed E-state index contributed by atoms with van der Waals surface area (Å²) in [6.07, 6.45) is 2.37. The lowest BCUT2D eigenvalue weighted by atomic mass is 9.98. The monoisotopic (exact) mass is 222 g/mol. The fourth-order valence-corrected chi connectivity index (χ4v) is 2.29. The topological polar surface area (TPSA) is 29.3 Å². The van der Waals surface area contributed by atoms with Gasteiger partial charge in [-0.25, -0.2) is 4.39 Å². The summed E-state index contributed by atoms with van der Waals surface area (Å²) in [6.45, 7) is 6.11. The Bertz CT molecular complexity index is 382. The highest BCUT2D eigenvalue weighted by atomic mass is 19.1. The lowest BCUT2D eigenvalue weighted by Crippen LogP contribution is -2.33. The average Bonchev–Trinajstić information content (AvgIpc) is 2.28. The summed E-state index contributed by atoms with van der Waals surface area (Å²) in [4.78, 5) is 2.26. The van der Waals surface area contributed by atoms with E-state index in [4.69, 9.17) is 5.73 Å². The molecule has 0 saturated carbocycles. The molecule has 1 aromatic carbocycles. The predicted octanol–water partition coefficient (Wildman–Crippen LogP) is 2.95. The van der Waals surface area contributed by atoms with Gasteiger partial charge in [-0.05, 0) is 37.8 Å². The third-order valence-corrected chi connectivity index (χ3v) is 3.51. The molecule has 0 spiro atoms. The van der Waals surface area contributed by atoms with Gasteiger partial charge in [0.15, 0.2) is 5.82 Å². The maximum absolute atomic E-state index is 13.7. The van der Waals surface area contributed by atoms with E-state index in [2.05, 4.69) is 11.8 Å². The number of anilines is 2. The van der Waals surface area contributed by atoms with Crippen molar-refractivity contribution in [3.63, 3.8) is 0 Å². The van der Waals surface area contributed by atoms with Crippen molar-refractivity contribution < 1.29 is 4.39 Å². The molecular formula is C13H19FN2. The minimum Gasteiger partial charge on any atom is -0.396 e. The molecule has 0 radical (unpaired) electrons. The number of hydrogen-bond donors (Lipinski definition) is 1. The largest absolute Gasteiger partial charge is 0.396 e. The van der Waals surface area contributed by atoms with Crippen molar-refractivity contribution in [1.29, 1.82) is 0 Å². The van der Waals surface area contributed by atoms with Crippen molar-refractivity contribution in [3.05, 3.63) is 23.5 Å². The van der Waals surface area contributed by atoms with E-state index in [1.54, 1.807) is 13.0 Å². The Labute approximate surface area is 96.2 Å². The van der Waals surface area contributed by atoms with Crippen molar-refractivity contribution in [3.8, 4) is 0 Å². The summed E-state index contributed by atoms with van der Waals surface area (Å²) in [7, 11) is 0. The van der Waals surface area contributed by atoms with Gasteiger partial charge in [0.1, 0.15) is 0 Å². The quantitative estimate of drug-likeness (QED) is 0.740. The Morgan fingerprint density at radius 2 is 1.94 bits per heavy atom. The summed E-state index contributed by atoms with van der Waals surface area (Å²) >= 11 is 0. The van der Waals surface area contributed by atoms with Crippen LogP contribution in [-0.2, 0) is 0 Å². The molecule has 3 heteroatoms. The third-order valence-electron chi connectivity index (χ3n) is 3.51. The Morgan fingerprint density at radius 3 is 2.56 bits per heavy atom. The molecule has 0 aliphatic carbocycles. The van der Waals surface area contributed by atoms with Crippen LogP contribution in [0, 0.1) is 18.7 Å². The fraction of sp³-hybridized carbons (Fsp3) is 0.538. The summed E-state index contributed by atoms with van der Waals surface area (Å²) in [5, 5.41) is 0. The molecule has 2 nitrogen and oxygen atoms in total. The molecular weight excluding hydrogens is 203 g/mol. The van der Waals surface area contributed by atoms with Crippen LogP contribution in [0.4, 0.5) is 15.8 Å². The normalized spacial score (nSPS) is 17.8. The van der Waals surface area contributed by atoms with Gasteiger partial charge in [-0.3, -0.25) is 0 Å². The second-order valence-corrected chi connectivity index (χ2v) is 4.78. The molecule has 16 heavy (non-hydrogen) atoms. The first-order chi connectivity index (χ1) is 7.59. The van der Waals surface area contributed by atoms with Crippen LogP contribution in [0.1, 0.15) is 25.3 Å². The van der Waals surface area contributed by atoms with E-state index in [9.17, 15) is 4.39 Å². The summed E-state index contributed by atoms with van der Waals surface area (Å²) in [6, 6.07) is 3.60. The predicted molar refractivity (Wildman–Crippen MR) is 66.2 cm³/mol. The number of benzene rings is 1. The zero-order chi connectivity index (χ0) is 11.7. The third kappa shape index (κ3) is 1.99. The van der Waals surface area contributed by atoms with Crippen molar-refractivity contribution in [2.75, 3.05) is 23.7 Å². The fourth-order valence-electron chi connectivity index (χ4n) is 2.29. The Balaban J connectivity index is 2.24. The van der Waals surface area contributed by atoms with Crippen LogP contribution in [-0.4, -0.2) is 13.1 Å². The van der Waals surface area contributed by atoms with Gasteiger partial charge in [0.05, 0.1) is 5.69 Å². The average molecular weight is 222 g/mol. The number of nitrogens with two attached hydrogens (primary N) is 1. The molecule has 1 heterocycles. The Hall–Kier alpha value is -1.25. The van der Waals surface area contributed by atoms with E-state index >= 15 is 0 Å². The SMILES string of the molecule is Cc1c(N2CCC(C)CC2)ccc(N)c1F. The highest BCUT2D eigenvalue weighted by molar-refractivity contribution is 5.60. The highest BCUT2D eigenvalue weighted by Gasteiger charge is 2.19. The number of piperidine rings is 1. The van der Waals surface area contributed by atoms with Crippen LogP contribution >= 0.6 is 0 Å². The number of nitrogen functional groups attached to an aromatic ring is 1. The summed E-state index contributed by atoms with van der Waals surface area (Å²) < 4.78 is 13.7. The Morgan fingerprint density at radius 1 is 1.31 bits per heavy atom. The first kappa shape index (κ1) is 11.2. The van der Waals surface area contributed by atoms with Crippen LogP contribution in [0.3, 0.4) is 0 Å². The lowest BCUT2D eigenvalue weighted by Gasteiger charge is -2.33. The number of rotatable bonds is 1. The molecule has 0 atom stereocenters. The summed E-state index contributed by atoms with van der Waals surface area (Å²) in [5.41, 5.74) is 7.46. The minimum atomic E-state index is -0.267. The van der Waals surface area contributed by atoms with Crippen molar-refractivity contribution >= 4 is 11.4 Å². The zero-order valence-corrected chi connectivity index (χ0v) is 9.96. The zero-order valence-electron chi connectivity index (χ0n) is 9.96. The van der Waals surface area contributed by atoms with Gasteiger partial charge in [-0.1, -0.05) is 6.92 Å². The van der Waals surface area contributed by atoms with Crippen LogP contribution < -0.4 is 10.6 Å². The van der Waals surface area contributed by atoms with Gasteiger partial charge in [0.25, 0.3) is 0 Å². The molecule has 1 fully saturated rings. The second kappa shape index (κ2) is 4.32. The van der Waals surface area contributed by atoms with Crippen molar-refractivity contribution in [1.82, 2.24) is 0 Å². The molecule has 1 aliphatic heterocycles. The smallest absolute Gasteiger partial charge is 0.151 e. The molecule has 0 unspecified atom stereocenters. The molecule has 88 valence electrons. The molecule has 1 aliphatic rings. The molecule has 1 aromatic rings. The van der Waals surface area contributed by atoms with Crippen molar-refractivity contribution in [2.45, 2.75) is 26.7 Å². The van der Waals surface area contributed by atoms with Crippen molar-refractivity contribution in [2.24, 2.45) is 5.92 Å². The molecule has 1 saturated heterocycles. The first-order valence-electron chi connectivity index (χ1n) is 5.89. The van der Waals surface area contributed by atoms with E-state index in [0.29, 0.717) is 5.56 Å². The minimum absolute atomic E-state index is 0.242. The van der Waals surface area contributed by atoms with E-state index < -0.39 is 0 Å². The molecule has 0 amide bonds. The lowest BCUT2D eigenvalue weighted by molar-refractivity contribution is 0.437. The Kier molecular flexibility index (Phi) is 3.03. The van der Waals surface area contributed by atoms with Crippen LogP contribution in [0.25, 0.3) is 0 Å². The van der Waals surface area contributed by atoms with E-state index in [1.165, 1.54) is 12.8 Å². The van der Waals surface area contributed by atoms with Gasteiger partial charge in [-0.15, -0.1) is 0 Å². The molecule has 0 bridgehead atoms. The van der Waals surface area contributed by atoms with Crippen LogP contribution in [0.5, 0.6) is 0 Å². The highest BCUT2D eigenvalue weighted by Crippen LogP contribution is 2.29. The van der Waals surface area contributed by atoms with Gasteiger partial charge < -0.3 is 10.6 Å². The standard InChI is InChI=1S/C13H19FN2/c1-9-5-7-16(8-6-9)12-4-3-11(15)13(14)10(12)2/h3-4,9H,5-8,15H2,1-2H3. The van der Waals surface area contributed by atoms with Gasteiger partial charge in [-0.2, -0.15) is 0 Å². The van der Waals surface area contributed by atoms with Crippen LogP contribution in [0.2, 0.25) is 0 Å². The first-order valence-corrected chi connectivity index (χ1v) is 5.89. The maximum atomic E-state index is 13.7. The summed E-state index contributed by atoms with van der Waals surface area (Å²) in [5.74, 6) is 0.520. The number of nitrogens with zero attached hydrogens (tertiary/aromatic N) is 1. The number of hydrogen-bond acceptors (Lipinski definition) is 2. The second-order valence-electron chi connectivity index (χ2n) is 4.78. The maximum Gasteiger partial charge on any atom is 0.151 e. The van der Waals surface area contributed by atoms with E-state index in [-0.39, 0.29) is 11.5 Å². The number of halogens is 1. The van der Waals surface area contributed by atoms with E-state index in [0.717, 1.165) is 24.7 Å². The van der Waals surface area contributed by atoms with Crippen LogP contribution in [0.15, 0.2) is 12.1 Å².